The fraction of sp³-hybridized carbons (Fsp3) is 0.889. The van der Waals surface area contributed by atoms with Crippen molar-refractivity contribution >= 4 is 5.97 Å². The molecular weight excluding hydrogens is 170 g/mol. The normalized spacial score (nSPS) is 19.9. The van der Waals surface area contributed by atoms with Gasteiger partial charge in [-0.05, 0) is 12.3 Å². The largest absolute Gasteiger partial charge is 0.480 e. The van der Waals surface area contributed by atoms with E-state index in [0.717, 1.165) is 0 Å². The van der Waals surface area contributed by atoms with Crippen LogP contribution in [0.25, 0.3) is 0 Å². The molecule has 4 nitrogen and oxygen atoms in total. The minimum Gasteiger partial charge on any atom is -0.480 e. The van der Waals surface area contributed by atoms with Crippen molar-refractivity contribution in [1.29, 1.82) is 0 Å². The van der Waals surface area contributed by atoms with Crippen LogP contribution >= 0.6 is 0 Å². The summed E-state index contributed by atoms with van der Waals surface area (Å²) in [6.45, 7) is 5.33. The van der Waals surface area contributed by atoms with Gasteiger partial charge in [-0.15, -0.1) is 0 Å². The van der Waals surface area contributed by atoms with Crippen molar-refractivity contribution in [3.8, 4) is 0 Å². The summed E-state index contributed by atoms with van der Waals surface area (Å²) in [5.41, 5.74) is 0. The summed E-state index contributed by atoms with van der Waals surface area (Å²) in [6.07, 6.45) is 0.672. The molecule has 0 radical (unpaired) electrons. The van der Waals surface area contributed by atoms with Gasteiger partial charge < -0.3 is 9.84 Å². The van der Waals surface area contributed by atoms with Crippen LogP contribution in [-0.2, 0) is 9.53 Å². The van der Waals surface area contributed by atoms with Gasteiger partial charge >= 0.3 is 5.97 Å². The van der Waals surface area contributed by atoms with E-state index in [1.807, 2.05) is 13.8 Å². The number of rotatable bonds is 5. The quantitative estimate of drug-likeness (QED) is 0.657. The third kappa shape index (κ3) is 3.32. The fourth-order valence-electron chi connectivity index (χ4n) is 1.33. The van der Waals surface area contributed by atoms with Crippen LogP contribution in [0.3, 0.4) is 0 Å². The lowest BCUT2D eigenvalue weighted by Crippen LogP contribution is -2.53. The molecule has 0 bridgehead atoms. The highest BCUT2D eigenvalue weighted by Crippen LogP contribution is 2.08. The molecule has 0 aromatic heterocycles. The van der Waals surface area contributed by atoms with E-state index in [1.165, 1.54) is 0 Å². The first-order chi connectivity index (χ1) is 6.09. The monoisotopic (exact) mass is 187 g/mol. The van der Waals surface area contributed by atoms with E-state index in [2.05, 4.69) is 5.32 Å². The van der Waals surface area contributed by atoms with E-state index in [0.29, 0.717) is 25.6 Å². The molecule has 1 aliphatic heterocycles. The van der Waals surface area contributed by atoms with Gasteiger partial charge in [-0.2, -0.15) is 0 Å². The van der Waals surface area contributed by atoms with E-state index >= 15 is 0 Å². The van der Waals surface area contributed by atoms with Gasteiger partial charge in [-0.25, -0.2) is 0 Å². The van der Waals surface area contributed by atoms with Gasteiger partial charge in [0.1, 0.15) is 6.04 Å². The fourth-order valence-corrected chi connectivity index (χ4v) is 1.33. The average molecular weight is 187 g/mol. The maximum atomic E-state index is 10.8. The van der Waals surface area contributed by atoms with Crippen LogP contribution in [0.2, 0.25) is 0 Å². The molecule has 1 rings (SSSR count). The summed E-state index contributed by atoms with van der Waals surface area (Å²) in [7, 11) is 0. The van der Waals surface area contributed by atoms with Crippen LogP contribution in [0.1, 0.15) is 20.3 Å². The highest BCUT2D eigenvalue weighted by Gasteiger charge is 2.26. The molecule has 0 unspecified atom stereocenters. The molecule has 0 aromatic rings. The summed E-state index contributed by atoms with van der Waals surface area (Å²) in [6, 6.07) is -0.186. The van der Waals surface area contributed by atoms with E-state index in [-0.39, 0.29) is 6.04 Å². The van der Waals surface area contributed by atoms with Crippen molar-refractivity contribution in [2.75, 3.05) is 13.2 Å². The van der Waals surface area contributed by atoms with Gasteiger partial charge in [-0.1, -0.05) is 13.8 Å². The van der Waals surface area contributed by atoms with Crippen molar-refractivity contribution in [3.05, 3.63) is 0 Å². The molecule has 0 saturated carbocycles. The Kier molecular flexibility index (Phi) is 3.69. The Labute approximate surface area is 78.3 Å². The van der Waals surface area contributed by atoms with Crippen LogP contribution in [-0.4, -0.2) is 36.4 Å². The number of carboxylic acid groups (broad SMARTS) is 1. The molecular formula is C9H17NO3. The van der Waals surface area contributed by atoms with Gasteiger partial charge in [-0.3, -0.25) is 10.1 Å². The Bertz CT molecular complexity index is 178. The lowest BCUT2D eigenvalue weighted by atomic mass is 10.0. The number of aliphatic carboxylic acids is 1. The second kappa shape index (κ2) is 4.58. The van der Waals surface area contributed by atoms with Gasteiger partial charge in [0.2, 0.25) is 0 Å². The second-order valence-electron chi connectivity index (χ2n) is 3.92. The molecule has 1 heterocycles. The van der Waals surface area contributed by atoms with Crippen LogP contribution in [0, 0.1) is 5.92 Å². The SMILES string of the molecule is CC(C)C[C@H](NC1COC1)C(=O)O. The Morgan fingerprint density at radius 2 is 2.23 bits per heavy atom. The Morgan fingerprint density at radius 3 is 2.54 bits per heavy atom. The molecule has 4 heteroatoms. The highest BCUT2D eigenvalue weighted by atomic mass is 16.5. The van der Waals surface area contributed by atoms with E-state index in [1.54, 1.807) is 0 Å². The summed E-state index contributed by atoms with van der Waals surface area (Å²) < 4.78 is 4.97. The maximum Gasteiger partial charge on any atom is 0.320 e. The number of hydrogen-bond acceptors (Lipinski definition) is 3. The zero-order valence-corrected chi connectivity index (χ0v) is 8.12. The maximum absolute atomic E-state index is 10.8. The third-order valence-electron chi connectivity index (χ3n) is 2.08. The van der Waals surface area contributed by atoms with Gasteiger partial charge in [0.15, 0.2) is 0 Å². The molecule has 0 aliphatic carbocycles. The van der Waals surface area contributed by atoms with E-state index in [4.69, 9.17) is 9.84 Å². The van der Waals surface area contributed by atoms with E-state index < -0.39 is 12.0 Å². The lowest BCUT2D eigenvalue weighted by molar-refractivity contribution is -0.141. The molecule has 13 heavy (non-hydrogen) atoms. The lowest BCUT2D eigenvalue weighted by Gasteiger charge is -2.30. The first kappa shape index (κ1) is 10.5. The number of hydrogen-bond donors (Lipinski definition) is 2. The van der Waals surface area contributed by atoms with E-state index in [9.17, 15) is 4.79 Å². The van der Waals surface area contributed by atoms with Crippen LogP contribution < -0.4 is 5.32 Å². The first-order valence-electron chi connectivity index (χ1n) is 4.66. The summed E-state index contributed by atoms with van der Waals surface area (Å²) in [5, 5.41) is 11.9. The first-order valence-corrected chi connectivity index (χ1v) is 4.66. The van der Waals surface area contributed by atoms with Crippen LogP contribution in [0.15, 0.2) is 0 Å². The average Bonchev–Trinajstić information content (AvgIpc) is 1.92. The van der Waals surface area contributed by atoms with Crippen molar-refractivity contribution < 1.29 is 14.6 Å². The summed E-state index contributed by atoms with van der Waals surface area (Å²) in [4.78, 5) is 10.8. The van der Waals surface area contributed by atoms with Crippen molar-refractivity contribution in [1.82, 2.24) is 5.32 Å². The number of ether oxygens (including phenoxy) is 1. The molecule has 0 spiro atoms. The van der Waals surface area contributed by atoms with Crippen LogP contribution in [0.4, 0.5) is 0 Å². The van der Waals surface area contributed by atoms with Gasteiger partial charge in [0.25, 0.3) is 0 Å². The molecule has 2 N–H and O–H groups in total. The molecule has 76 valence electrons. The van der Waals surface area contributed by atoms with Crippen molar-refractivity contribution in [2.24, 2.45) is 5.92 Å². The molecule has 1 atom stereocenters. The highest BCUT2D eigenvalue weighted by molar-refractivity contribution is 5.73. The Morgan fingerprint density at radius 1 is 1.62 bits per heavy atom. The van der Waals surface area contributed by atoms with Gasteiger partial charge in [0.05, 0.1) is 19.3 Å². The van der Waals surface area contributed by atoms with Gasteiger partial charge in [0, 0.05) is 0 Å². The third-order valence-corrected chi connectivity index (χ3v) is 2.08. The molecule has 1 saturated heterocycles. The van der Waals surface area contributed by atoms with Crippen molar-refractivity contribution in [2.45, 2.75) is 32.4 Å². The molecule has 0 aromatic carbocycles. The summed E-state index contributed by atoms with van der Waals surface area (Å²) in [5.74, 6) is -0.366. The molecule has 1 fully saturated rings. The standard InChI is InChI=1S/C9H17NO3/c1-6(2)3-8(9(11)12)10-7-4-13-5-7/h6-8,10H,3-5H2,1-2H3,(H,11,12)/t8-/m0/s1. The number of carboxylic acids is 1. The topological polar surface area (TPSA) is 58.6 Å². The minimum absolute atomic E-state index is 0.236. The minimum atomic E-state index is -0.763. The Hall–Kier alpha value is -0.610. The zero-order chi connectivity index (χ0) is 9.84. The number of carbonyl (C=O) groups is 1. The molecule has 1 aliphatic rings. The predicted octanol–water partition coefficient (Wildman–Crippen LogP) is 0.474. The zero-order valence-electron chi connectivity index (χ0n) is 8.12. The predicted molar refractivity (Wildman–Crippen MR) is 48.6 cm³/mol. The van der Waals surface area contributed by atoms with Crippen LogP contribution in [0.5, 0.6) is 0 Å². The number of nitrogens with one attached hydrogen (secondary N) is 1. The van der Waals surface area contributed by atoms with Crippen molar-refractivity contribution in [3.63, 3.8) is 0 Å². The molecule has 0 amide bonds. The second-order valence-corrected chi connectivity index (χ2v) is 3.92. The Balaban J connectivity index is 2.32. The smallest absolute Gasteiger partial charge is 0.320 e. The summed E-state index contributed by atoms with van der Waals surface area (Å²) >= 11 is 0.